The first-order valence-corrected chi connectivity index (χ1v) is 17.0. The highest BCUT2D eigenvalue weighted by molar-refractivity contribution is 6.10. The summed E-state index contributed by atoms with van der Waals surface area (Å²) < 4.78 is 4.73. The van der Waals surface area contributed by atoms with Gasteiger partial charge in [-0.1, -0.05) is 103 Å². The molecule has 10 rings (SSSR count). The fraction of sp³-hybridized carbons (Fsp3) is 0. The maximum Gasteiger partial charge on any atom is 0.0541 e. The summed E-state index contributed by atoms with van der Waals surface area (Å²) in [4.78, 5) is 4.44. The van der Waals surface area contributed by atoms with Gasteiger partial charge in [-0.15, -0.1) is 0 Å². The molecule has 0 bridgehead atoms. The predicted octanol–water partition coefficient (Wildman–Crippen LogP) is 12.3. The van der Waals surface area contributed by atoms with Gasteiger partial charge in [0.05, 0.1) is 22.1 Å². The first-order valence-electron chi connectivity index (χ1n) is 17.0. The van der Waals surface area contributed by atoms with Gasteiger partial charge in [0.15, 0.2) is 0 Å². The van der Waals surface area contributed by atoms with Crippen molar-refractivity contribution in [2.45, 2.75) is 0 Å². The number of hydrogen-bond donors (Lipinski definition) is 0. The van der Waals surface area contributed by atoms with Crippen LogP contribution in [0.15, 0.2) is 188 Å². The van der Waals surface area contributed by atoms with E-state index >= 15 is 0 Å². The fourth-order valence-electron chi connectivity index (χ4n) is 7.67. The number of rotatable bonds is 5. The molecular formula is C47H31N3. The van der Waals surface area contributed by atoms with E-state index in [1.54, 1.807) is 0 Å². The van der Waals surface area contributed by atoms with Crippen molar-refractivity contribution in [2.24, 2.45) is 0 Å². The summed E-state index contributed by atoms with van der Waals surface area (Å²) in [7, 11) is 0. The van der Waals surface area contributed by atoms with Crippen molar-refractivity contribution in [1.29, 1.82) is 0 Å². The minimum Gasteiger partial charge on any atom is -0.309 e. The molecule has 0 fully saturated rings. The van der Waals surface area contributed by atoms with Crippen molar-refractivity contribution in [1.82, 2.24) is 14.1 Å². The fourth-order valence-corrected chi connectivity index (χ4v) is 7.67. The maximum absolute atomic E-state index is 4.44. The van der Waals surface area contributed by atoms with Crippen molar-refractivity contribution in [3.05, 3.63) is 188 Å². The van der Waals surface area contributed by atoms with Crippen molar-refractivity contribution in [3.63, 3.8) is 0 Å². The lowest BCUT2D eigenvalue weighted by molar-refractivity contribution is 1.18. The molecule has 234 valence electrons. The molecule has 3 aromatic heterocycles. The second-order valence-electron chi connectivity index (χ2n) is 12.9. The molecule has 3 nitrogen and oxygen atoms in total. The van der Waals surface area contributed by atoms with Gasteiger partial charge < -0.3 is 9.13 Å². The predicted molar refractivity (Wildman–Crippen MR) is 209 cm³/mol. The minimum absolute atomic E-state index is 1.10. The van der Waals surface area contributed by atoms with E-state index in [1.165, 1.54) is 65.9 Å². The number of hydrogen-bond acceptors (Lipinski definition) is 1. The highest BCUT2D eigenvalue weighted by Crippen LogP contribution is 2.37. The molecule has 0 amide bonds. The molecule has 0 atom stereocenters. The highest BCUT2D eigenvalue weighted by atomic mass is 15.0. The van der Waals surface area contributed by atoms with E-state index in [1.807, 2.05) is 18.5 Å². The Bertz CT molecular complexity index is 2560. The molecule has 50 heavy (non-hydrogen) atoms. The summed E-state index contributed by atoms with van der Waals surface area (Å²) >= 11 is 0. The van der Waals surface area contributed by atoms with Crippen LogP contribution in [0.1, 0.15) is 0 Å². The second-order valence-corrected chi connectivity index (χ2v) is 12.9. The largest absolute Gasteiger partial charge is 0.309 e. The molecule has 0 aliphatic carbocycles. The van der Waals surface area contributed by atoms with Crippen LogP contribution in [0.2, 0.25) is 0 Å². The Morgan fingerprint density at radius 2 is 0.660 bits per heavy atom. The van der Waals surface area contributed by atoms with Crippen LogP contribution in [0.3, 0.4) is 0 Å². The molecule has 3 heteroatoms. The minimum atomic E-state index is 1.10. The van der Waals surface area contributed by atoms with E-state index in [-0.39, 0.29) is 0 Å². The summed E-state index contributed by atoms with van der Waals surface area (Å²) in [5, 5.41) is 5.07. The van der Waals surface area contributed by atoms with E-state index in [9.17, 15) is 0 Å². The van der Waals surface area contributed by atoms with Crippen LogP contribution in [-0.2, 0) is 0 Å². The van der Waals surface area contributed by atoms with E-state index < -0.39 is 0 Å². The zero-order valence-electron chi connectivity index (χ0n) is 27.2. The Labute approximate surface area is 290 Å². The van der Waals surface area contributed by atoms with Crippen molar-refractivity contribution >= 4 is 43.6 Å². The Morgan fingerprint density at radius 3 is 1.02 bits per heavy atom. The first kappa shape index (κ1) is 28.3. The normalized spacial score (nSPS) is 11.6. The Balaban J connectivity index is 1.07. The van der Waals surface area contributed by atoms with Crippen LogP contribution in [0, 0.1) is 0 Å². The molecule has 0 unspecified atom stereocenters. The lowest BCUT2D eigenvalue weighted by atomic mass is 9.93. The summed E-state index contributed by atoms with van der Waals surface area (Å²) in [6.07, 6.45) is 3.77. The van der Waals surface area contributed by atoms with E-state index in [2.05, 4.69) is 184 Å². The van der Waals surface area contributed by atoms with Crippen molar-refractivity contribution in [3.8, 4) is 44.8 Å². The van der Waals surface area contributed by atoms with E-state index in [4.69, 9.17) is 0 Å². The van der Waals surface area contributed by atoms with Crippen molar-refractivity contribution in [2.75, 3.05) is 0 Å². The lowest BCUT2D eigenvalue weighted by Gasteiger charge is -2.13. The molecule has 7 aromatic carbocycles. The average molecular weight is 638 g/mol. The zero-order chi connectivity index (χ0) is 33.0. The molecule has 0 saturated carbocycles. The van der Waals surface area contributed by atoms with Gasteiger partial charge >= 0.3 is 0 Å². The number of para-hydroxylation sites is 4. The van der Waals surface area contributed by atoms with Crippen LogP contribution in [0.5, 0.6) is 0 Å². The summed E-state index contributed by atoms with van der Waals surface area (Å²) in [5.74, 6) is 0. The van der Waals surface area contributed by atoms with Gasteiger partial charge in [0.2, 0.25) is 0 Å². The zero-order valence-corrected chi connectivity index (χ0v) is 27.2. The van der Waals surface area contributed by atoms with Crippen LogP contribution in [-0.4, -0.2) is 14.1 Å². The number of aromatic nitrogens is 3. The Morgan fingerprint density at radius 1 is 0.300 bits per heavy atom. The Kier molecular flexibility index (Phi) is 6.49. The molecule has 0 radical (unpaired) electrons. The molecular weight excluding hydrogens is 607 g/mol. The topological polar surface area (TPSA) is 22.8 Å². The van der Waals surface area contributed by atoms with Crippen LogP contribution >= 0.6 is 0 Å². The van der Waals surface area contributed by atoms with Gasteiger partial charge in [-0.05, 0) is 101 Å². The number of nitrogens with zero attached hydrogens (tertiary/aromatic N) is 3. The number of fused-ring (bicyclic) bond motifs is 6. The monoisotopic (exact) mass is 637 g/mol. The molecule has 0 N–H and O–H groups in total. The third-order valence-electron chi connectivity index (χ3n) is 10.0. The van der Waals surface area contributed by atoms with Gasteiger partial charge in [0.1, 0.15) is 0 Å². The third kappa shape index (κ3) is 4.56. The van der Waals surface area contributed by atoms with Crippen LogP contribution in [0.25, 0.3) is 88.4 Å². The van der Waals surface area contributed by atoms with Gasteiger partial charge in [0.25, 0.3) is 0 Å². The summed E-state index contributed by atoms with van der Waals surface area (Å²) in [5.41, 5.74) is 14.1. The number of benzene rings is 7. The van der Waals surface area contributed by atoms with Gasteiger partial charge in [-0.2, -0.15) is 0 Å². The quantitative estimate of drug-likeness (QED) is 0.184. The average Bonchev–Trinajstić information content (AvgIpc) is 3.71. The maximum atomic E-state index is 4.44. The highest BCUT2D eigenvalue weighted by Gasteiger charge is 2.14. The summed E-state index contributed by atoms with van der Waals surface area (Å²) in [6.45, 7) is 0. The lowest BCUT2D eigenvalue weighted by Crippen LogP contribution is -1.94. The molecule has 10 aromatic rings. The van der Waals surface area contributed by atoms with Gasteiger partial charge in [0, 0.05) is 50.9 Å². The smallest absolute Gasteiger partial charge is 0.0541 e. The van der Waals surface area contributed by atoms with Crippen LogP contribution < -0.4 is 0 Å². The van der Waals surface area contributed by atoms with E-state index in [0.29, 0.717) is 0 Å². The number of pyridine rings is 1. The van der Waals surface area contributed by atoms with Crippen molar-refractivity contribution < 1.29 is 0 Å². The van der Waals surface area contributed by atoms with Crippen LogP contribution in [0.4, 0.5) is 0 Å². The second kappa shape index (κ2) is 11.5. The van der Waals surface area contributed by atoms with Gasteiger partial charge in [-0.25, -0.2) is 0 Å². The third-order valence-corrected chi connectivity index (χ3v) is 10.0. The standard InChI is InChI=1S/C47H31N3/c1-5-15-44-40(11-1)41-12-2-6-16-45(41)49(44)38-23-19-32(20-24-38)35-28-36(30-37(29-35)34-10-9-27-48-31-34)33-21-25-39(26-22-33)50-46-17-7-3-13-42(46)43-14-4-8-18-47(43)50/h1-31H. The summed E-state index contributed by atoms with van der Waals surface area (Å²) in [6, 6.07) is 63.6. The molecule has 0 saturated heterocycles. The first-order chi connectivity index (χ1) is 24.8. The van der Waals surface area contributed by atoms with Gasteiger partial charge in [-0.3, -0.25) is 4.98 Å². The Hall–Kier alpha value is -6.71. The SMILES string of the molecule is c1cncc(-c2cc(-c3ccc(-n4c5ccccc5c5ccccc54)cc3)cc(-c3ccc(-n4c5ccccc5c5ccccc54)cc3)c2)c1. The molecule has 0 aliphatic heterocycles. The molecule has 0 spiro atoms. The molecule has 3 heterocycles. The van der Waals surface area contributed by atoms with E-state index in [0.717, 1.165) is 22.5 Å². The molecule has 0 aliphatic rings.